The van der Waals surface area contributed by atoms with Crippen molar-refractivity contribution in [3.63, 3.8) is 0 Å². The molecule has 4 nitrogen and oxygen atoms in total. The van der Waals surface area contributed by atoms with Gasteiger partial charge in [-0.3, -0.25) is 4.57 Å². The monoisotopic (exact) mass is 280 g/mol. The number of halogens is 1. The minimum atomic E-state index is 0.377. The maximum atomic E-state index is 4.34. The van der Waals surface area contributed by atoms with Crippen molar-refractivity contribution in [2.24, 2.45) is 0 Å². The number of imidazole rings is 1. The second-order valence-electron chi connectivity index (χ2n) is 4.00. The van der Waals surface area contributed by atoms with Gasteiger partial charge in [0.1, 0.15) is 12.1 Å². The van der Waals surface area contributed by atoms with Crippen LogP contribution in [-0.2, 0) is 0 Å². The van der Waals surface area contributed by atoms with E-state index < -0.39 is 0 Å². The van der Waals surface area contributed by atoms with Crippen molar-refractivity contribution >= 4 is 15.9 Å². The Morgan fingerprint density at radius 1 is 1.31 bits per heavy atom. The largest absolute Gasteiger partial charge is 0.290 e. The van der Waals surface area contributed by atoms with E-state index in [1.54, 1.807) is 6.33 Å². The Morgan fingerprint density at radius 2 is 2.06 bits per heavy atom. The summed E-state index contributed by atoms with van der Waals surface area (Å²) >= 11 is 3.33. The van der Waals surface area contributed by atoms with Crippen LogP contribution >= 0.6 is 15.9 Å². The van der Waals surface area contributed by atoms with Crippen LogP contribution in [0, 0.1) is 6.92 Å². The Labute approximate surface area is 103 Å². The molecule has 2 heterocycles. The Balaban J connectivity index is 2.49. The van der Waals surface area contributed by atoms with Gasteiger partial charge in [-0.25, -0.2) is 15.0 Å². The highest BCUT2D eigenvalue weighted by molar-refractivity contribution is 9.10. The smallest absolute Gasteiger partial charge is 0.198 e. The van der Waals surface area contributed by atoms with E-state index in [1.807, 2.05) is 23.8 Å². The van der Waals surface area contributed by atoms with Crippen molar-refractivity contribution in [1.82, 2.24) is 19.5 Å². The van der Waals surface area contributed by atoms with Crippen LogP contribution in [0.4, 0.5) is 0 Å². The van der Waals surface area contributed by atoms with Gasteiger partial charge in [-0.2, -0.15) is 0 Å². The molecule has 0 bridgehead atoms. The Morgan fingerprint density at radius 3 is 2.62 bits per heavy atom. The molecule has 0 saturated carbocycles. The van der Waals surface area contributed by atoms with Crippen molar-refractivity contribution in [1.29, 1.82) is 0 Å². The Bertz CT molecular complexity index is 504. The summed E-state index contributed by atoms with van der Waals surface area (Å²) in [5.41, 5.74) is 1.99. The summed E-state index contributed by atoms with van der Waals surface area (Å²) in [4.78, 5) is 12.9. The first kappa shape index (κ1) is 11.3. The predicted octanol–water partition coefficient (Wildman–Crippen LogP) is 2.86. The van der Waals surface area contributed by atoms with Gasteiger partial charge < -0.3 is 0 Å². The van der Waals surface area contributed by atoms with Gasteiger partial charge in [-0.1, -0.05) is 13.8 Å². The molecule has 2 aromatic heterocycles. The zero-order chi connectivity index (χ0) is 11.7. The van der Waals surface area contributed by atoms with Crippen LogP contribution in [0.2, 0.25) is 0 Å². The topological polar surface area (TPSA) is 43.6 Å². The van der Waals surface area contributed by atoms with E-state index >= 15 is 0 Å². The number of hydrogen-bond acceptors (Lipinski definition) is 3. The first-order chi connectivity index (χ1) is 7.56. The molecule has 2 aromatic rings. The lowest BCUT2D eigenvalue weighted by molar-refractivity contribution is 0.796. The Hall–Kier alpha value is -1.23. The lowest BCUT2D eigenvalue weighted by atomic mass is 10.1. The van der Waals surface area contributed by atoms with Gasteiger partial charge in [-0.15, -0.1) is 0 Å². The molecule has 0 N–H and O–H groups in total. The lowest BCUT2D eigenvalue weighted by Gasteiger charge is -2.07. The average molecular weight is 281 g/mol. The fourth-order valence-electron chi connectivity index (χ4n) is 1.40. The zero-order valence-electron chi connectivity index (χ0n) is 9.48. The van der Waals surface area contributed by atoms with Gasteiger partial charge in [0.25, 0.3) is 0 Å². The standard InChI is InChI=1S/C11H13BrN4/c1-7(2)9-4-10(15-11(12)14-9)16-5-8(3)13-6-16/h4-7H,1-3H3. The van der Waals surface area contributed by atoms with Gasteiger partial charge in [0, 0.05) is 18.0 Å². The summed E-state index contributed by atoms with van der Waals surface area (Å²) in [7, 11) is 0. The molecule has 0 aliphatic heterocycles. The fraction of sp³-hybridized carbons (Fsp3) is 0.364. The van der Waals surface area contributed by atoms with Gasteiger partial charge in [0.2, 0.25) is 0 Å². The quantitative estimate of drug-likeness (QED) is 0.795. The van der Waals surface area contributed by atoms with Crippen LogP contribution < -0.4 is 0 Å². The van der Waals surface area contributed by atoms with Gasteiger partial charge in [-0.05, 0) is 28.8 Å². The highest BCUT2D eigenvalue weighted by Crippen LogP contribution is 2.17. The highest BCUT2D eigenvalue weighted by atomic mass is 79.9. The van der Waals surface area contributed by atoms with Crippen LogP contribution in [0.5, 0.6) is 0 Å². The molecule has 16 heavy (non-hydrogen) atoms. The second-order valence-corrected chi connectivity index (χ2v) is 4.71. The molecule has 84 valence electrons. The third kappa shape index (κ3) is 2.29. The summed E-state index contributed by atoms with van der Waals surface area (Å²) in [5, 5.41) is 0. The van der Waals surface area contributed by atoms with E-state index in [0.29, 0.717) is 10.7 Å². The molecule has 0 spiro atoms. The molecule has 0 atom stereocenters. The van der Waals surface area contributed by atoms with Crippen LogP contribution in [0.15, 0.2) is 23.3 Å². The summed E-state index contributed by atoms with van der Waals surface area (Å²) in [6.07, 6.45) is 3.70. The third-order valence-corrected chi connectivity index (χ3v) is 2.63. The highest BCUT2D eigenvalue weighted by Gasteiger charge is 2.07. The maximum absolute atomic E-state index is 4.34. The third-order valence-electron chi connectivity index (χ3n) is 2.27. The number of aryl methyl sites for hydroxylation is 1. The minimum Gasteiger partial charge on any atom is -0.290 e. The summed E-state index contributed by atoms with van der Waals surface area (Å²) in [6, 6.07) is 1.98. The average Bonchev–Trinajstić information content (AvgIpc) is 2.64. The predicted molar refractivity (Wildman–Crippen MR) is 65.7 cm³/mol. The van der Waals surface area contributed by atoms with Crippen LogP contribution in [0.25, 0.3) is 5.82 Å². The van der Waals surface area contributed by atoms with Crippen LogP contribution in [0.3, 0.4) is 0 Å². The van der Waals surface area contributed by atoms with E-state index in [9.17, 15) is 0 Å². The molecule has 2 rings (SSSR count). The van der Waals surface area contributed by atoms with E-state index in [2.05, 4.69) is 44.7 Å². The van der Waals surface area contributed by atoms with E-state index in [-0.39, 0.29) is 0 Å². The van der Waals surface area contributed by atoms with E-state index in [0.717, 1.165) is 17.2 Å². The molecule has 5 heteroatoms. The molecular weight excluding hydrogens is 268 g/mol. The number of aromatic nitrogens is 4. The van der Waals surface area contributed by atoms with E-state index in [1.165, 1.54) is 0 Å². The second kappa shape index (κ2) is 4.33. The summed E-state index contributed by atoms with van der Waals surface area (Å²) in [6.45, 7) is 6.17. The molecule has 0 aromatic carbocycles. The van der Waals surface area contributed by atoms with Gasteiger partial charge in [0.15, 0.2) is 4.73 Å². The molecule has 0 unspecified atom stereocenters. The van der Waals surface area contributed by atoms with Crippen molar-refractivity contribution < 1.29 is 0 Å². The van der Waals surface area contributed by atoms with Crippen LogP contribution in [0.1, 0.15) is 31.2 Å². The minimum absolute atomic E-state index is 0.377. The SMILES string of the molecule is Cc1cn(-c2cc(C(C)C)nc(Br)n2)cn1. The molecule has 0 saturated heterocycles. The normalized spacial score (nSPS) is 11.1. The number of rotatable bonds is 2. The van der Waals surface area contributed by atoms with Gasteiger partial charge in [0.05, 0.1) is 5.69 Å². The van der Waals surface area contributed by atoms with Crippen molar-refractivity contribution in [3.8, 4) is 5.82 Å². The molecule has 0 aliphatic rings. The van der Waals surface area contributed by atoms with Crippen molar-refractivity contribution in [3.05, 3.63) is 34.7 Å². The number of hydrogen-bond donors (Lipinski definition) is 0. The van der Waals surface area contributed by atoms with Crippen molar-refractivity contribution in [2.75, 3.05) is 0 Å². The zero-order valence-corrected chi connectivity index (χ0v) is 11.1. The fourth-order valence-corrected chi connectivity index (χ4v) is 1.78. The molecule has 0 radical (unpaired) electrons. The molecule has 0 aliphatic carbocycles. The first-order valence-corrected chi connectivity index (χ1v) is 5.91. The molecule has 0 fully saturated rings. The lowest BCUT2D eigenvalue weighted by Crippen LogP contribution is -2.01. The number of nitrogens with zero attached hydrogens (tertiary/aromatic N) is 4. The molecular formula is C11H13BrN4. The first-order valence-electron chi connectivity index (χ1n) is 5.11. The maximum Gasteiger partial charge on any atom is 0.198 e. The van der Waals surface area contributed by atoms with Gasteiger partial charge >= 0.3 is 0 Å². The van der Waals surface area contributed by atoms with E-state index in [4.69, 9.17) is 0 Å². The van der Waals surface area contributed by atoms with Crippen LogP contribution in [-0.4, -0.2) is 19.5 Å². The van der Waals surface area contributed by atoms with Crippen molar-refractivity contribution in [2.45, 2.75) is 26.7 Å². The Kier molecular flexibility index (Phi) is 3.05. The summed E-state index contributed by atoms with van der Waals surface area (Å²) in [5.74, 6) is 1.22. The summed E-state index contributed by atoms with van der Waals surface area (Å²) < 4.78 is 2.51. The molecule has 0 amide bonds.